The van der Waals surface area contributed by atoms with Crippen LogP contribution in [0.3, 0.4) is 0 Å². The fraction of sp³-hybridized carbons (Fsp3) is 0.0556. The number of carbonyl (C=O) groups is 1. The van der Waals surface area contributed by atoms with E-state index in [2.05, 4.69) is 5.32 Å². The van der Waals surface area contributed by atoms with Gasteiger partial charge in [-0.2, -0.15) is 0 Å². The van der Waals surface area contributed by atoms with E-state index in [-0.39, 0.29) is 5.91 Å². The number of rotatable bonds is 3. The summed E-state index contributed by atoms with van der Waals surface area (Å²) in [6.07, 6.45) is 0. The monoisotopic (exact) mass is 345 g/mol. The van der Waals surface area contributed by atoms with Gasteiger partial charge in [-0.3, -0.25) is 4.79 Å². The molecule has 0 aliphatic heterocycles. The Hall–Kier alpha value is -2.23. The van der Waals surface area contributed by atoms with E-state index in [4.69, 9.17) is 27.6 Å². The molecule has 3 nitrogen and oxygen atoms in total. The number of furan rings is 1. The summed E-state index contributed by atoms with van der Waals surface area (Å²) in [5.41, 5.74) is 2.03. The minimum Gasteiger partial charge on any atom is -0.461 e. The zero-order valence-electron chi connectivity index (χ0n) is 12.3. The van der Waals surface area contributed by atoms with Gasteiger partial charge in [0.15, 0.2) is 0 Å². The van der Waals surface area contributed by atoms with Crippen LogP contribution >= 0.6 is 23.2 Å². The van der Waals surface area contributed by atoms with Crippen molar-refractivity contribution >= 4 is 34.8 Å². The minimum absolute atomic E-state index is 0.228. The molecule has 2 aromatic carbocycles. The van der Waals surface area contributed by atoms with Crippen molar-refractivity contribution in [3.63, 3.8) is 0 Å². The van der Waals surface area contributed by atoms with Crippen LogP contribution in [0, 0.1) is 6.92 Å². The number of halogens is 2. The lowest BCUT2D eigenvalue weighted by atomic mass is 10.1. The van der Waals surface area contributed by atoms with E-state index < -0.39 is 0 Å². The summed E-state index contributed by atoms with van der Waals surface area (Å²) in [4.78, 5) is 12.4. The third-order valence-corrected chi connectivity index (χ3v) is 3.90. The molecule has 0 saturated heterocycles. The summed E-state index contributed by atoms with van der Waals surface area (Å²) in [6, 6.07) is 15.9. The van der Waals surface area contributed by atoms with E-state index in [9.17, 15) is 4.79 Å². The van der Waals surface area contributed by atoms with E-state index in [1.165, 1.54) is 0 Å². The molecule has 1 aromatic heterocycles. The van der Waals surface area contributed by atoms with Gasteiger partial charge >= 0.3 is 0 Å². The average molecular weight is 346 g/mol. The SMILES string of the molecule is Cc1oc(-c2ccc(Cl)cc2)cc1C(=O)Nc1ccc(Cl)cc1. The van der Waals surface area contributed by atoms with Gasteiger partial charge in [0.25, 0.3) is 5.91 Å². The number of carbonyl (C=O) groups excluding carboxylic acids is 1. The lowest BCUT2D eigenvalue weighted by Crippen LogP contribution is -2.11. The first-order valence-corrected chi connectivity index (χ1v) is 7.72. The molecular formula is C18H13Cl2NO2. The van der Waals surface area contributed by atoms with Crippen molar-refractivity contribution in [2.75, 3.05) is 5.32 Å². The highest BCUT2D eigenvalue weighted by atomic mass is 35.5. The second-order valence-corrected chi connectivity index (χ2v) is 5.92. The van der Waals surface area contributed by atoms with Crippen molar-refractivity contribution in [3.8, 4) is 11.3 Å². The highest BCUT2D eigenvalue weighted by Gasteiger charge is 2.16. The molecule has 23 heavy (non-hydrogen) atoms. The summed E-state index contributed by atoms with van der Waals surface area (Å²) in [5.74, 6) is 0.954. The Morgan fingerprint density at radius 3 is 2.13 bits per heavy atom. The summed E-state index contributed by atoms with van der Waals surface area (Å²) >= 11 is 11.7. The molecule has 116 valence electrons. The van der Waals surface area contributed by atoms with Crippen LogP contribution in [0.15, 0.2) is 59.0 Å². The molecule has 1 N–H and O–H groups in total. The molecule has 0 atom stereocenters. The van der Waals surface area contributed by atoms with E-state index in [1.807, 2.05) is 12.1 Å². The molecule has 0 fully saturated rings. The molecule has 3 aromatic rings. The molecule has 0 aliphatic rings. The van der Waals surface area contributed by atoms with Crippen molar-refractivity contribution in [3.05, 3.63) is 76.0 Å². The standard InChI is InChI=1S/C18H13Cl2NO2/c1-11-16(18(22)21-15-8-6-14(20)7-9-15)10-17(23-11)12-2-4-13(19)5-3-12/h2-10H,1H3,(H,21,22). The molecule has 3 rings (SSSR count). The molecule has 1 heterocycles. The second kappa shape index (κ2) is 6.49. The van der Waals surface area contributed by atoms with Crippen molar-refractivity contribution < 1.29 is 9.21 Å². The fourth-order valence-electron chi connectivity index (χ4n) is 2.20. The number of hydrogen-bond acceptors (Lipinski definition) is 2. The smallest absolute Gasteiger partial charge is 0.259 e. The van der Waals surface area contributed by atoms with E-state index in [0.29, 0.717) is 32.8 Å². The predicted octanol–water partition coefficient (Wildman–Crippen LogP) is 5.81. The largest absolute Gasteiger partial charge is 0.461 e. The van der Waals surface area contributed by atoms with Crippen LogP contribution in [0.4, 0.5) is 5.69 Å². The van der Waals surface area contributed by atoms with Gasteiger partial charge < -0.3 is 9.73 Å². The Kier molecular flexibility index (Phi) is 4.42. The number of benzene rings is 2. The van der Waals surface area contributed by atoms with Gasteiger partial charge in [-0.25, -0.2) is 0 Å². The zero-order chi connectivity index (χ0) is 16.4. The molecular weight excluding hydrogens is 333 g/mol. The molecule has 1 amide bonds. The average Bonchev–Trinajstić information content (AvgIpc) is 2.92. The van der Waals surface area contributed by atoms with E-state index in [0.717, 1.165) is 5.56 Å². The highest BCUT2D eigenvalue weighted by Crippen LogP contribution is 2.27. The van der Waals surface area contributed by atoms with Crippen molar-refractivity contribution in [1.29, 1.82) is 0 Å². The van der Waals surface area contributed by atoms with Crippen LogP contribution in [0.2, 0.25) is 10.0 Å². The molecule has 5 heteroatoms. The Bertz CT molecular complexity index is 836. The van der Waals surface area contributed by atoms with Gasteiger partial charge in [0, 0.05) is 21.3 Å². The van der Waals surface area contributed by atoms with Crippen LogP contribution in [0.25, 0.3) is 11.3 Å². The first kappa shape index (κ1) is 15.7. The fourth-order valence-corrected chi connectivity index (χ4v) is 2.45. The number of amides is 1. The quantitative estimate of drug-likeness (QED) is 0.650. The van der Waals surface area contributed by atoms with Crippen LogP contribution in [0.1, 0.15) is 16.1 Å². The maximum Gasteiger partial charge on any atom is 0.259 e. The third kappa shape index (κ3) is 3.58. The van der Waals surface area contributed by atoms with Gasteiger partial charge in [-0.15, -0.1) is 0 Å². The topological polar surface area (TPSA) is 42.2 Å². The third-order valence-electron chi connectivity index (χ3n) is 3.39. The number of hydrogen-bond donors (Lipinski definition) is 1. The van der Waals surface area contributed by atoms with Crippen molar-refractivity contribution in [2.45, 2.75) is 6.92 Å². The number of nitrogens with one attached hydrogen (secondary N) is 1. The van der Waals surface area contributed by atoms with Crippen LogP contribution in [-0.4, -0.2) is 5.91 Å². The van der Waals surface area contributed by atoms with Gasteiger partial charge in [0.1, 0.15) is 11.5 Å². The van der Waals surface area contributed by atoms with Gasteiger partial charge in [-0.1, -0.05) is 23.2 Å². The summed E-state index contributed by atoms with van der Waals surface area (Å²) in [5, 5.41) is 4.09. The Morgan fingerprint density at radius 1 is 0.957 bits per heavy atom. The van der Waals surface area contributed by atoms with E-state index >= 15 is 0 Å². The predicted molar refractivity (Wildman–Crippen MR) is 93.3 cm³/mol. The molecule has 0 aliphatic carbocycles. The lowest BCUT2D eigenvalue weighted by molar-refractivity contribution is 0.102. The Labute approximate surface area is 143 Å². The van der Waals surface area contributed by atoms with Crippen molar-refractivity contribution in [1.82, 2.24) is 0 Å². The van der Waals surface area contributed by atoms with Crippen LogP contribution < -0.4 is 5.32 Å². The van der Waals surface area contributed by atoms with Gasteiger partial charge in [0.2, 0.25) is 0 Å². The zero-order valence-corrected chi connectivity index (χ0v) is 13.8. The Morgan fingerprint density at radius 2 is 1.52 bits per heavy atom. The molecule has 0 radical (unpaired) electrons. The maximum absolute atomic E-state index is 12.4. The Balaban J connectivity index is 1.84. The van der Waals surface area contributed by atoms with Crippen molar-refractivity contribution in [2.24, 2.45) is 0 Å². The lowest BCUT2D eigenvalue weighted by Gasteiger charge is -2.03. The minimum atomic E-state index is -0.228. The van der Waals surface area contributed by atoms with Gasteiger partial charge in [0.05, 0.1) is 5.56 Å². The summed E-state index contributed by atoms with van der Waals surface area (Å²) in [6.45, 7) is 1.76. The summed E-state index contributed by atoms with van der Waals surface area (Å²) in [7, 11) is 0. The number of anilines is 1. The first-order chi connectivity index (χ1) is 11.0. The molecule has 0 unspecified atom stereocenters. The number of aryl methyl sites for hydroxylation is 1. The normalized spacial score (nSPS) is 10.6. The van der Waals surface area contributed by atoms with Crippen LogP contribution in [-0.2, 0) is 0 Å². The van der Waals surface area contributed by atoms with Gasteiger partial charge in [-0.05, 0) is 61.5 Å². The summed E-state index contributed by atoms with van der Waals surface area (Å²) < 4.78 is 5.69. The molecule has 0 bridgehead atoms. The highest BCUT2D eigenvalue weighted by molar-refractivity contribution is 6.31. The first-order valence-electron chi connectivity index (χ1n) is 6.96. The molecule has 0 saturated carbocycles. The van der Waals surface area contributed by atoms with Crippen LogP contribution in [0.5, 0.6) is 0 Å². The van der Waals surface area contributed by atoms with E-state index in [1.54, 1.807) is 49.4 Å². The second-order valence-electron chi connectivity index (χ2n) is 5.05. The molecule has 0 spiro atoms. The maximum atomic E-state index is 12.4.